The third-order valence-electron chi connectivity index (χ3n) is 9.03. The molecule has 3 aliphatic rings. The Kier molecular flexibility index (Phi) is 9.99. The number of rotatable bonds is 11. The van der Waals surface area contributed by atoms with Crippen LogP contribution in [-0.4, -0.2) is 27.0 Å². The van der Waals surface area contributed by atoms with Crippen molar-refractivity contribution in [1.82, 2.24) is 4.98 Å². The summed E-state index contributed by atoms with van der Waals surface area (Å²) in [5.74, 6) is 4.28. The minimum absolute atomic E-state index is 0.0181. The molecule has 0 saturated heterocycles. The second-order valence-electron chi connectivity index (χ2n) is 13.0. The predicted molar refractivity (Wildman–Crippen MR) is 138 cm³/mol. The zero-order chi connectivity index (χ0) is 22.3. The molecular weight excluding hydrogens is 394 g/mol. The summed E-state index contributed by atoms with van der Waals surface area (Å²) in [4.78, 5) is 4.18. The van der Waals surface area contributed by atoms with Crippen LogP contribution in [0.1, 0.15) is 117 Å². The van der Waals surface area contributed by atoms with E-state index in [0.717, 1.165) is 35.8 Å². The summed E-state index contributed by atoms with van der Waals surface area (Å²) >= 11 is 0. The van der Waals surface area contributed by atoms with Crippen molar-refractivity contribution in [2.45, 2.75) is 141 Å². The van der Waals surface area contributed by atoms with Crippen LogP contribution in [0.2, 0.25) is 18.6 Å². The molecule has 3 saturated carbocycles. The first-order chi connectivity index (χ1) is 14.8. The highest BCUT2D eigenvalue weighted by atomic mass is 28.3. The average Bonchev–Trinajstić information content (AvgIpc) is 3.09. The molecule has 3 fully saturated rings. The minimum Gasteiger partial charge on any atom is -0.376 e. The van der Waals surface area contributed by atoms with Crippen LogP contribution in [0.25, 0.3) is 0 Å². The van der Waals surface area contributed by atoms with Gasteiger partial charge in [0.15, 0.2) is 0 Å². The lowest BCUT2D eigenvalue weighted by Crippen LogP contribution is -2.50. The molecule has 4 unspecified atom stereocenters. The lowest BCUT2D eigenvalue weighted by molar-refractivity contribution is -0.00473. The zero-order valence-corrected chi connectivity index (χ0v) is 22.8. The molecule has 3 aliphatic carbocycles. The highest BCUT2D eigenvalue weighted by molar-refractivity contribution is 6.76. The van der Waals surface area contributed by atoms with E-state index in [2.05, 4.69) is 38.8 Å². The van der Waals surface area contributed by atoms with Crippen LogP contribution in [-0.2, 0) is 4.74 Å². The Hall–Kier alpha value is 0.137. The summed E-state index contributed by atoms with van der Waals surface area (Å²) < 4.78 is 5.86. The van der Waals surface area contributed by atoms with E-state index in [0.29, 0.717) is 0 Å². The number of fused-ring (bicyclic) bond motifs is 1. The van der Waals surface area contributed by atoms with Gasteiger partial charge < -0.3 is 9.72 Å². The first kappa shape index (κ1) is 25.8. The second kappa shape index (κ2) is 12.0. The highest BCUT2D eigenvalue weighted by Gasteiger charge is 2.50. The molecule has 0 radical (unpaired) electrons. The molecule has 0 aliphatic heterocycles. The second-order valence-corrected chi connectivity index (χ2v) is 17.5. The van der Waals surface area contributed by atoms with Gasteiger partial charge in [-0.25, -0.2) is 0 Å². The molecule has 0 bridgehead atoms. The van der Waals surface area contributed by atoms with Crippen molar-refractivity contribution in [3.63, 3.8) is 0 Å². The van der Waals surface area contributed by atoms with Crippen molar-refractivity contribution in [3.05, 3.63) is 0 Å². The third-order valence-corrected chi connectivity index (χ3v) is 12.7. The smallest absolute Gasteiger partial charge is 0.122 e. The van der Waals surface area contributed by atoms with Gasteiger partial charge in [0.2, 0.25) is 0 Å². The summed E-state index contributed by atoms with van der Waals surface area (Å²) in [6.07, 6.45) is 22.1. The predicted octanol–water partition coefficient (Wildman–Crippen LogP) is 8.32. The highest BCUT2D eigenvalue weighted by Crippen LogP contribution is 2.57. The maximum absolute atomic E-state index is 5.86. The minimum atomic E-state index is -1.36. The molecule has 0 aromatic heterocycles. The summed E-state index contributed by atoms with van der Waals surface area (Å²) in [5, 5.41) is 0. The molecule has 4 atom stereocenters. The Morgan fingerprint density at radius 3 is 2.16 bits per heavy atom. The molecule has 3 heteroatoms. The standard InChI is InChI=1S/C28H55NOSi/c1-28(2,3)30-20-14-7-6-13-19-29-31(4,5)27-22-24(21-23-15-9-8-10-16-23)25-17-11-12-18-26(25)27/h23-27,29H,6-22H2,1-5H3. The maximum Gasteiger partial charge on any atom is 0.122 e. The Morgan fingerprint density at radius 1 is 0.806 bits per heavy atom. The third kappa shape index (κ3) is 8.14. The van der Waals surface area contributed by atoms with Crippen molar-refractivity contribution >= 4 is 8.24 Å². The summed E-state index contributed by atoms with van der Waals surface area (Å²) in [6.45, 7) is 14.0. The Morgan fingerprint density at radius 2 is 1.45 bits per heavy atom. The van der Waals surface area contributed by atoms with E-state index >= 15 is 0 Å². The van der Waals surface area contributed by atoms with Gasteiger partial charge in [-0.3, -0.25) is 0 Å². The fraction of sp³-hybridized carbons (Fsp3) is 1.00. The fourth-order valence-corrected chi connectivity index (χ4v) is 10.9. The van der Waals surface area contributed by atoms with E-state index in [1.807, 2.05) is 0 Å². The van der Waals surface area contributed by atoms with Gasteiger partial charge in [0.25, 0.3) is 0 Å². The molecule has 3 rings (SSSR count). The van der Waals surface area contributed by atoms with Crippen LogP contribution in [0, 0.1) is 23.7 Å². The largest absolute Gasteiger partial charge is 0.376 e. The van der Waals surface area contributed by atoms with Crippen LogP contribution in [0.15, 0.2) is 0 Å². The van der Waals surface area contributed by atoms with E-state index in [4.69, 9.17) is 4.74 Å². The van der Waals surface area contributed by atoms with Gasteiger partial charge in [-0.15, -0.1) is 0 Å². The molecule has 0 spiro atoms. The maximum atomic E-state index is 5.86. The Labute approximate surface area is 196 Å². The average molecular weight is 450 g/mol. The quantitative estimate of drug-likeness (QED) is 0.253. The van der Waals surface area contributed by atoms with Crippen LogP contribution < -0.4 is 4.98 Å². The van der Waals surface area contributed by atoms with Crippen LogP contribution in [0.3, 0.4) is 0 Å². The first-order valence-corrected chi connectivity index (χ1v) is 17.2. The molecule has 2 nitrogen and oxygen atoms in total. The van der Waals surface area contributed by atoms with Gasteiger partial charge in [0, 0.05) is 6.61 Å². The molecule has 0 aromatic rings. The summed E-state index contributed by atoms with van der Waals surface area (Å²) in [7, 11) is -1.36. The van der Waals surface area contributed by atoms with Crippen molar-refractivity contribution in [2.24, 2.45) is 23.7 Å². The monoisotopic (exact) mass is 449 g/mol. The van der Waals surface area contributed by atoms with Gasteiger partial charge in [0.05, 0.1) is 5.60 Å². The Bertz CT molecular complexity index is 508. The van der Waals surface area contributed by atoms with E-state index < -0.39 is 8.24 Å². The van der Waals surface area contributed by atoms with Gasteiger partial charge in [0.1, 0.15) is 8.24 Å². The van der Waals surface area contributed by atoms with Crippen LogP contribution in [0.4, 0.5) is 0 Å². The van der Waals surface area contributed by atoms with Crippen molar-refractivity contribution in [1.29, 1.82) is 0 Å². The SMILES string of the molecule is CC(C)(C)OCCCCCCN[Si](C)(C)C1CC(CC2CCCCC2)C2CCCCC21. The van der Waals surface area contributed by atoms with E-state index in [9.17, 15) is 0 Å². The fourth-order valence-electron chi connectivity index (χ4n) is 7.40. The van der Waals surface area contributed by atoms with Gasteiger partial charge in [-0.2, -0.15) is 0 Å². The molecule has 0 amide bonds. The molecular formula is C28H55NOSi. The van der Waals surface area contributed by atoms with Gasteiger partial charge >= 0.3 is 0 Å². The molecule has 0 heterocycles. The summed E-state index contributed by atoms with van der Waals surface area (Å²) in [6, 6.07) is 0. The number of unbranched alkanes of at least 4 members (excludes halogenated alkanes) is 3. The van der Waals surface area contributed by atoms with Gasteiger partial charge in [-0.05, 0) is 88.6 Å². The zero-order valence-electron chi connectivity index (χ0n) is 21.8. The van der Waals surface area contributed by atoms with E-state index in [-0.39, 0.29) is 5.60 Å². The van der Waals surface area contributed by atoms with Crippen LogP contribution >= 0.6 is 0 Å². The van der Waals surface area contributed by atoms with Crippen molar-refractivity contribution < 1.29 is 4.74 Å². The number of nitrogens with one attached hydrogen (secondary N) is 1. The number of hydrogen-bond donors (Lipinski definition) is 1. The van der Waals surface area contributed by atoms with E-state index in [1.54, 1.807) is 38.5 Å². The lowest BCUT2D eigenvalue weighted by Gasteiger charge is -2.38. The first-order valence-electron chi connectivity index (χ1n) is 14.2. The van der Waals surface area contributed by atoms with Gasteiger partial charge in [-0.1, -0.05) is 77.3 Å². The van der Waals surface area contributed by atoms with Crippen molar-refractivity contribution in [2.75, 3.05) is 13.2 Å². The Balaban J connectivity index is 1.41. The van der Waals surface area contributed by atoms with Crippen molar-refractivity contribution in [3.8, 4) is 0 Å². The van der Waals surface area contributed by atoms with E-state index in [1.165, 1.54) is 64.3 Å². The molecule has 0 aromatic carbocycles. The molecule has 31 heavy (non-hydrogen) atoms. The normalized spacial score (nSPS) is 30.5. The molecule has 182 valence electrons. The number of hydrogen-bond acceptors (Lipinski definition) is 2. The lowest BCUT2D eigenvalue weighted by atomic mass is 9.73. The molecule has 1 N–H and O–H groups in total. The number of ether oxygens (including phenoxy) is 1. The topological polar surface area (TPSA) is 21.3 Å². The van der Waals surface area contributed by atoms with Crippen LogP contribution in [0.5, 0.6) is 0 Å². The summed E-state index contributed by atoms with van der Waals surface area (Å²) in [5.41, 5.74) is 1.05.